The lowest BCUT2D eigenvalue weighted by Gasteiger charge is -2.41. The molecule has 0 spiro atoms. The molecular formula is C17H20ClF2NO5. The highest BCUT2D eigenvalue weighted by atomic mass is 35.5. The first-order chi connectivity index (χ1) is 11.8. The molecule has 144 valence electrons. The largest absolute Gasteiger partial charge is 0.489 e. The molecule has 1 saturated carbocycles. The van der Waals surface area contributed by atoms with Gasteiger partial charge in [0, 0.05) is 6.07 Å². The minimum Gasteiger partial charge on any atom is -0.489 e. The maximum absolute atomic E-state index is 13.5. The van der Waals surface area contributed by atoms with Crippen LogP contribution in [0.4, 0.5) is 8.78 Å². The maximum atomic E-state index is 13.5. The van der Waals surface area contributed by atoms with E-state index in [0.717, 1.165) is 12.5 Å². The van der Waals surface area contributed by atoms with Crippen molar-refractivity contribution in [3.63, 3.8) is 0 Å². The summed E-state index contributed by atoms with van der Waals surface area (Å²) in [5, 5.41) is 21.3. The quantitative estimate of drug-likeness (QED) is 0.730. The lowest BCUT2D eigenvalue weighted by atomic mass is 9.72. The molecule has 0 radical (unpaired) electrons. The van der Waals surface area contributed by atoms with E-state index >= 15 is 0 Å². The fourth-order valence-corrected chi connectivity index (χ4v) is 3.79. The van der Waals surface area contributed by atoms with Crippen molar-refractivity contribution in [1.29, 1.82) is 0 Å². The van der Waals surface area contributed by atoms with Gasteiger partial charge in [-0.3, -0.25) is 4.79 Å². The third-order valence-corrected chi connectivity index (χ3v) is 5.10. The maximum Gasteiger partial charge on any atom is 0.339 e. The number of nitrogens with one attached hydrogen (secondary N) is 1. The lowest BCUT2D eigenvalue weighted by Crippen LogP contribution is -2.50. The SMILES string of the molecule is Cl.O=C(O)c1cc(F)c(F)cc1OC1CCC2CNC(C(=O)O)CC2C1. The molecule has 1 aromatic rings. The molecule has 0 amide bonds. The van der Waals surface area contributed by atoms with Gasteiger partial charge in [0.25, 0.3) is 0 Å². The number of carboxylic acids is 2. The fraction of sp³-hybridized carbons (Fsp3) is 0.529. The second kappa shape index (κ2) is 8.18. The lowest BCUT2D eigenvalue weighted by molar-refractivity contribution is -0.141. The van der Waals surface area contributed by atoms with Crippen LogP contribution in [0, 0.1) is 23.5 Å². The normalized spacial score (nSPS) is 27.8. The molecule has 0 bridgehead atoms. The zero-order valence-electron chi connectivity index (χ0n) is 13.8. The Morgan fingerprint density at radius 2 is 1.77 bits per heavy atom. The zero-order chi connectivity index (χ0) is 18.1. The fourth-order valence-electron chi connectivity index (χ4n) is 3.79. The van der Waals surface area contributed by atoms with Crippen LogP contribution in [0.2, 0.25) is 0 Å². The van der Waals surface area contributed by atoms with E-state index in [4.69, 9.17) is 14.9 Å². The van der Waals surface area contributed by atoms with Crippen LogP contribution < -0.4 is 10.1 Å². The molecular weight excluding hydrogens is 372 g/mol. The Morgan fingerprint density at radius 3 is 2.42 bits per heavy atom. The number of ether oxygens (including phenoxy) is 1. The molecule has 1 saturated heterocycles. The van der Waals surface area contributed by atoms with Crippen LogP contribution in [0.1, 0.15) is 36.0 Å². The minimum absolute atomic E-state index is 0. The first-order valence-corrected chi connectivity index (χ1v) is 8.20. The molecule has 4 atom stereocenters. The Hall–Kier alpha value is -1.93. The Bertz CT molecular complexity index is 702. The monoisotopic (exact) mass is 391 g/mol. The molecule has 9 heteroatoms. The number of piperidine rings is 1. The minimum atomic E-state index is -1.39. The van der Waals surface area contributed by atoms with Crippen molar-refractivity contribution < 1.29 is 33.3 Å². The molecule has 1 heterocycles. The molecule has 1 aliphatic carbocycles. The molecule has 1 aromatic carbocycles. The van der Waals surface area contributed by atoms with Crippen molar-refractivity contribution in [2.75, 3.05) is 6.54 Å². The van der Waals surface area contributed by atoms with E-state index in [2.05, 4.69) is 5.32 Å². The number of fused-ring (bicyclic) bond motifs is 1. The van der Waals surface area contributed by atoms with Gasteiger partial charge in [-0.25, -0.2) is 13.6 Å². The number of aromatic carboxylic acids is 1. The molecule has 0 aromatic heterocycles. The highest BCUT2D eigenvalue weighted by Crippen LogP contribution is 2.38. The van der Waals surface area contributed by atoms with Crippen molar-refractivity contribution in [1.82, 2.24) is 5.32 Å². The Balaban J connectivity index is 0.00000243. The van der Waals surface area contributed by atoms with E-state index in [9.17, 15) is 18.4 Å². The van der Waals surface area contributed by atoms with Gasteiger partial charge in [-0.1, -0.05) is 0 Å². The van der Waals surface area contributed by atoms with Crippen molar-refractivity contribution in [2.24, 2.45) is 11.8 Å². The number of halogens is 3. The van der Waals surface area contributed by atoms with E-state index in [-0.39, 0.29) is 30.2 Å². The Morgan fingerprint density at radius 1 is 1.08 bits per heavy atom. The number of aliphatic carboxylic acids is 1. The van der Waals surface area contributed by atoms with Gasteiger partial charge in [0.15, 0.2) is 11.6 Å². The van der Waals surface area contributed by atoms with E-state index in [0.29, 0.717) is 37.8 Å². The highest BCUT2D eigenvalue weighted by Gasteiger charge is 2.38. The highest BCUT2D eigenvalue weighted by molar-refractivity contribution is 5.90. The summed E-state index contributed by atoms with van der Waals surface area (Å²) in [6.07, 6.45) is 2.15. The Kier molecular flexibility index (Phi) is 6.41. The van der Waals surface area contributed by atoms with Gasteiger partial charge < -0.3 is 20.3 Å². The van der Waals surface area contributed by atoms with E-state index in [1.807, 2.05) is 0 Å². The summed E-state index contributed by atoms with van der Waals surface area (Å²) in [7, 11) is 0. The standard InChI is InChI=1S/C17H19F2NO5.ClH/c18-12-5-11(16(21)22)15(6-13(12)19)25-10-2-1-8-7-20-14(17(23)24)4-9(8)3-10;/h5-6,8-10,14,20H,1-4,7H2,(H,21,22)(H,23,24);1H. The van der Waals surface area contributed by atoms with Crippen molar-refractivity contribution >= 4 is 24.3 Å². The number of hydrogen-bond donors (Lipinski definition) is 3. The van der Waals surface area contributed by atoms with Crippen LogP contribution in [-0.2, 0) is 4.79 Å². The first kappa shape index (κ1) is 20.4. The number of carboxylic acid groups (broad SMARTS) is 2. The third-order valence-electron chi connectivity index (χ3n) is 5.10. The first-order valence-electron chi connectivity index (χ1n) is 8.20. The van der Waals surface area contributed by atoms with Crippen LogP contribution in [0.15, 0.2) is 12.1 Å². The summed E-state index contributed by atoms with van der Waals surface area (Å²) in [5.74, 6) is -4.40. The molecule has 2 fully saturated rings. The van der Waals surface area contributed by atoms with Gasteiger partial charge in [0.1, 0.15) is 17.4 Å². The van der Waals surface area contributed by atoms with E-state index < -0.39 is 35.2 Å². The molecule has 4 unspecified atom stereocenters. The van der Waals surface area contributed by atoms with E-state index in [1.165, 1.54) is 0 Å². The average Bonchev–Trinajstić information content (AvgIpc) is 2.57. The van der Waals surface area contributed by atoms with Crippen molar-refractivity contribution in [3.8, 4) is 5.75 Å². The smallest absolute Gasteiger partial charge is 0.339 e. The van der Waals surface area contributed by atoms with Crippen molar-refractivity contribution in [3.05, 3.63) is 29.3 Å². The molecule has 6 nitrogen and oxygen atoms in total. The van der Waals surface area contributed by atoms with Crippen LogP contribution >= 0.6 is 12.4 Å². The number of rotatable bonds is 4. The van der Waals surface area contributed by atoms with Gasteiger partial charge in [-0.15, -0.1) is 12.4 Å². The number of benzene rings is 1. The molecule has 1 aliphatic heterocycles. The van der Waals surface area contributed by atoms with Gasteiger partial charge in [0.05, 0.1) is 6.10 Å². The summed E-state index contributed by atoms with van der Waals surface area (Å²) in [5.41, 5.74) is -0.422. The summed E-state index contributed by atoms with van der Waals surface area (Å²) >= 11 is 0. The van der Waals surface area contributed by atoms with Crippen LogP contribution in [0.3, 0.4) is 0 Å². The zero-order valence-corrected chi connectivity index (χ0v) is 14.6. The van der Waals surface area contributed by atoms with Crippen LogP contribution in [-0.4, -0.2) is 40.8 Å². The second-order valence-electron chi connectivity index (χ2n) is 6.68. The van der Waals surface area contributed by atoms with Gasteiger partial charge in [-0.2, -0.15) is 0 Å². The summed E-state index contributed by atoms with van der Waals surface area (Å²) in [4.78, 5) is 22.4. The topological polar surface area (TPSA) is 95.9 Å². The summed E-state index contributed by atoms with van der Waals surface area (Å²) < 4.78 is 32.4. The van der Waals surface area contributed by atoms with Gasteiger partial charge in [0.2, 0.25) is 0 Å². The van der Waals surface area contributed by atoms with Crippen molar-refractivity contribution in [2.45, 2.75) is 37.8 Å². The molecule has 2 aliphatic rings. The van der Waals surface area contributed by atoms with Gasteiger partial charge in [-0.05, 0) is 50.1 Å². The summed E-state index contributed by atoms with van der Waals surface area (Å²) in [6.45, 7) is 0.625. The third kappa shape index (κ3) is 4.24. The predicted molar refractivity (Wildman–Crippen MR) is 89.9 cm³/mol. The number of hydrogen-bond acceptors (Lipinski definition) is 4. The molecule has 3 rings (SSSR count). The number of carbonyl (C=O) groups is 2. The molecule has 3 N–H and O–H groups in total. The Labute approximate surface area is 154 Å². The molecule has 26 heavy (non-hydrogen) atoms. The second-order valence-corrected chi connectivity index (χ2v) is 6.68. The summed E-state index contributed by atoms with van der Waals surface area (Å²) in [6, 6.07) is 0.773. The van der Waals surface area contributed by atoms with Crippen LogP contribution in [0.25, 0.3) is 0 Å². The van der Waals surface area contributed by atoms with Crippen LogP contribution in [0.5, 0.6) is 5.75 Å². The van der Waals surface area contributed by atoms with Gasteiger partial charge >= 0.3 is 11.9 Å². The average molecular weight is 392 g/mol. The van der Waals surface area contributed by atoms with E-state index in [1.54, 1.807) is 0 Å². The predicted octanol–water partition coefficient (Wildman–Crippen LogP) is 2.70.